The Morgan fingerprint density at radius 3 is 2.59 bits per heavy atom. The van der Waals surface area contributed by atoms with Gasteiger partial charge in [-0.15, -0.1) is 0 Å². The van der Waals surface area contributed by atoms with E-state index in [9.17, 15) is 22.8 Å². The lowest BCUT2D eigenvalue weighted by Gasteiger charge is -2.27. The summed E-state index contributed by atoms with van der Waals surface area (Å²) in [4.78, 5) is 32.5. The summed E-state index contributed by atoms with van der Waals surface area (Å²) >= 11 is 0. The molecular formula is C21H20F3N5O5. The highest BCUT2D eigenvalue weighted by atomic mass is 19.4. The van der Waals surface area contributed by atoms with Crippen LogP contribution in [0.3, 0.4) is 0 Å². The fraction of sp³-hybridized carbons (Fsp3) is 0.381. The molecule has 0 saturated carbocycles. The number of hydrogen-bond acceptors (Lipinski definition) is 8. The van der Waals surface area contributed by atoms with Crippen molar-refractivity contribution >= 4 is 11.8 Å². The van der Waals surface area contributed by atoms with Gasteiger partial charge in [-0.05, 0) is 18.2 Å². The molecule has 1 fully saturated rings. The van der Waals surface area contributed by atoms with E-state index in [1.165, 1.54) is 25.6 Å². The van der Waals surface area contributed by atoms with Crippen molar-refractivity contribution in [3.8, 4) is 23.3 Å². The van der Waals surface area contributed by atoms with Gasteiger partial charge in [-0.1, -0.05) is 0 Å². The molecule has 1 aromatic heterocycles. The quantitative estimate of drug-likeness (QED) is 0.588. The van der Waals surface area contributed by atoms with E-state index in [-0.39, 0.29) is 43.5 Å². The Kier molecular flexibility index (Phi) is 7.52. The number of nitrogens with one attached hydrogen (secondary N) is 2. The van der Waals surface area contributed by atoms with Crippen molar-refractivity contribution in [1.82, 2.24) is 20.6 Å². The first-order valence-electron chi connectivity index (χ1n) is 9.95. The Labute approximate surface area is 192 Å². The highest BCUT2D eigenvalue weighted by Crippen LogP contribution is 2.39. The summed E-state index contributed by atoms with van der Waals surface area (Å²) in [7, 11) is 1.25. The number of aromatic nitrogens is 2. The molecule has 1 aliphatic rings. The molecule has 34 heavy (non-hydrogen) atoms. The van der Waals surface area contributed by atoms with E-state index in [2.05, 4.69) is 20.6 Å². The number of rotatable bonds is 8. The number of nitriles is 1. The van der Waals surface area contributed by atoms with Crippen molar-refractivity contribution in [1.29, 1.82) is 5.26 Å². The SMILES string of the molecule is COc1ccc(Oc2cnc(CNC(=O)C3(NC(=O)CC#N)CCOC3)nc2)c(C(F)(F)F)c1. The van der Waals surface area contributed by atoms with Crippen molar-refractivity contribution in [2.45, 2.75) is 31.1 Å². The van der Waals surface area contributed by atoms with Crippen LogP contribution in [0.1, 0.15) is 24.2 Å². The van der Waals surface area contributed by atoms with Crippen LogP contribution in [0, 0.1) is 11.3 Å². The average Bonchev–Trinajstić information content (AvgIpc) is 3.27. The molecule has 1 aromatic carbocycles. The van der Waals surface area contributed by atoms with Gasteiger partial charge in [-0.25, -0.2) is 9.97 Å². The van der Waals surface area contributed by atoms with Crippen LogP contribution < -0.4 is 20.1 Å². The van der Waals surface area contributed by atoms with E-state index in [4.69, 9.17) is 19.5 Å². The number of halogens is 3. The van der Waals surface area contributed by atoms with Gasteiger partial charge in [0.05, 0.1) is 38.7 Å². The summed E-state index contributed by atoms with van der Waals surface area (Å²) < 4.78 is 55.4. The zero-order valence-corrected chi connectivity index (χ0v) is 17.9. The molecule has 1 unspecified atom stereocenters. The van der Waals surface area contributed by atoms with E-state index >= 15 is 0 Å². The van der Waals surface area contributed by atoms with Crippen molar-refractivity contribution < 1.29 is 37.0 Å². The second-order valence-corrected chi connectivity index (χ2v) is 7.25. The van der Waals surface area contributed by atoms with E-state index in [1.807, 2.05) is 0 Å². The van der Waals surface area contributed by atoms with Gasteiger partial charge in [0.2, 0.25) is 11.8 Å². The molecule has 180 valence electrons. The molecule has 1 aliphatic heterocycles. The van der Waals surface area contributed by atoms with Gasteiger partial charge in [-0.3, -0.25) is 9.59 Å². The second kappa shape index (κ2) is 10.3. The highest BCUT2D eigenvalue weighted by Gasteiger charge is 2.43. The minimum atomic E-state index is -4.67. The highest BCUT2D eigenvalue weighted by molar-refractivity contribution is 5.92. The maximum atomic E-state index is 13.3. The molecule has 0 bridgehead atoms. The van der Waals surface area contributed by atoms with Crippen LogP contribution in [-0.4, -0.2) is 47.6 Å². The lowest BCUT2D eigenvalue weighted by atomic mass is 9.97. The summed E-state index contributed by atoms with van der Waals surface area (Å²) in [6, 6.07) is 4.98. The molecule has 3 rings (SSSR count). The molecule has 1 atom stereocenters. The molecule has 10 nitrogen and oxygen atoms in total. The maximum absolute atomic E-state index is 13.3. The largest absolute Gasteiger partial charge is 0.497 e. The lowest BCUT2D eigenvalue weighted by Crippen LogP contribution is -2.59. The summed E-state index contributed by atoms with van der Waals surface area (Å²) in [5.41, 5.74) is -2.33. The third-order valence-electron chi connectivity index (χ3n) is 4.88. The molecule has 0 radical (unpaired) electrons. The second-order valence-electron chi connectivity index (χ2n) is 7.25. The first-order valence-corrected chi connectivity index (χ1v) is 9.95. The number of benzene rings is 1. The zero-order valence-electron chi connectivity index (χ0n) is 17.9. The maximum Gasteiger partial charge on any atom is 0.420 e. The Balaban J connectivity index is 1.65. The van der Waals surface area contributed by atoms with Crippen molar-refractivity contribution in [3.05, 3.63) is 42.0 Å². The summed E-state index contributed by atoms with van der Waals surface area (Å²) in [5.74, 6) is -1.45. The third-order valence-corrected chi connectivity index (χ3v) is 4.88. The molecule has 2 aromatic rings. The summed E-state index contributed by atoms with van der Waals surface area (Å²) in [5, 5.41) is 13.8. The van der Waals surface area contributed by atoms with Crippen LogP contribution in [0.5, 0.6) is 17.2 Å². The predicted molar refractivity (Wildman–Crippen MR) is 108 cm³/mol. The summed E-state index contributed by atoms with van der Waals surface area (Å²) in [6.45, 7) is 0.0897. The normalized spacial score (nSPS) is 17.5. The van der Waals surface area contributed by atoms with Crippen molar-refractivity contribution in [3.63, 3.8) is 0 Å². The van der Waals surface area contributed by atoms with Crippen molar-refractivity contribution in [2.24, 2.45) is 0 Å². The van der Waals surface area contributed by atoms with Gasteiger partial charge in [0.25, 0.3) is 0 Å². The number of carbonyl (C=O) groups is 2. The fourth-order valence-corrected chi connectivity index (χ4v) is 3.17. The number of methoxy groups -OCH3 is 1. The van der Waals surface area contributed by atoms with Crippen LogP contribution in [0.4, 0.5) is 13.2 Å². The Morgan fingerprint density at radius 1 is 1.26 bits per heavy atom. The van der Waals surface area contributed by atoms with Crippen LogP contribution in [0.15, 0.2) is 30.6 Å². The first-order chi connectivity index (χ1) is 16.2. The predicted octanol–water partition coefficient (Wildman–Crippen LogP) is 2.10. The molecule has 2 amide bonds. The van der Waals surface area contributed by atoms with Gasteiger partial charge < -0.3 is 24.8 Å². The lowest BCUT2D eigenvalue weighted by molar-refractivity contribution is -0.138. The summed E-state index contributed by atoms with van der Waals surface area (Å²) in [6.07, 6.45) is -2.50. The van der Waals surface area contributed by atoms with Gasteiger partial charge in [0, 0.05) is 13.0 Å². The Bertz CT molecular complexity index is 1080. The molecule has 13 heteroatoms. The zero-order chi connectivity index (χ0) is 24.8. The van der Waals surface area contributed by atoms with Crippen LogP contribution in [0.2, 0.25) is 0 Å². The smallest absolute Gasteiger partial charge is 0.420 e. The first kappa shape index (κ1) is 24.7. The van der Waals surface area contributed by atoms with Gasteiger partial charge in [0.1, 0.15) is 34.8 Å². The monoisotopic (exact) mass is 479 g/mol. The van der Waals surface area contributed by atoms with Crippen molar-refractivity contribution in [2.75, 3.05) is 20.3 Å². The van der Waals surface area contributed by atoms with Gasteiger partial charge in [-0.2, -0.15) is 18.4 Å². The topological polar surface area (TPSA) is 135 Å². The van der Waals surface area contributed by atoms with Crippen LogP contribution in [-0.2, 0) is 27.0 Å². The number of hydrogen-bond donors (Lipinski definition) is 2. The molecule has 2 N–H and O–H groups in total. The number of carbonyl (C=O) groups excluding carboxylic acids is 2. The molecule has 0 aliphatic carbocycles. The van der Waals surface area contributed by atoms with E-state index in [0.29, 0.717) is 0 Å². The van der Waals surface area contributed by atoms with Crippen LogP contribution >= 0.6 is 0 Å². The molecule has 0 spiro atoms. The standard InChI is InChI=1S/C21H20F3N5O5/c1-32-13-2-3-16(15(8-13)21(22,23)24)34-14-9-26-17(27-10-14)11-28-19(31)20(5-7-33-12-20)29-18(30)4-6-25/h2-3,8-10H,4-5,7,11-12H2,1H3,(H,28,31)(H,29,30). The van der Waals surface area contributed by atoms with E-state index < -0.39 is 41.3 Å². The minimum Gasteiger partial charge on any atom is -0.497 e. The van der Waals surface area contributed by atoms with Gasteiger partial charge in [0.15, 0.2) is 5.75 Å². The number of ether oxygens (including phenoxy) is 3. The Hall–Kier alpha value is -3.92. The number of nitrogens with zero attached hydrogens (tertiary/aromatic N) is 3. The van der Waals surface area contributed by atoms with Gasteiger partial charge >= 0.3 is 6.18 Å². The Morgan fingerprint density at radius 2 is 2.00 bits per heavy atom. The molecule has 1 saturated heterocycles. The minimum absolute atomic E-state index is 0.0243. The average molecular weight is 479 g/mol. The fourth-order valence-electron chi connectivity index (χ4n) is 3.17. The number of alkyl halides is 3. The molecule has 2 heterocycles. The van der Waals surface area contributed by atoms with E-state index in [1.54, 1.807) is 6.07 Å². The van der Waals surface area contributed by atoms with E-state index in [0.717, 1.165) is 12.1 Å². The molecular weight excluding hydrogens is 459 g/mol. The van der Waals surface area contributed by atoms with Crippen LogP contribution in [0.25, 0.3) is 0 Å². The third kappa shape index (κ3) is 5.90. The number of amides is 2.